The zero-order chi connectivity index (χ0) is 21.5. The molecular formula is C21H26BrNO4S2. The van der Waals surface area contributed by atoms with E-state index in [1.165, 1.54) is 0 Å². The predicted molar refractivity (Wildman–Crippen MR) is 120 cm³/mol. The number of alkyl halides is 1. The summed E-state index contributed by atoms with van der Waals surface area (Å²) in [7, 11) is -7.04. The Bertz CT molecular complexity index is 1040. The van der Waals surface area contributed by atoms with Crippen molar-refractivity contribution >= 4 is 35.8 Å². The molecule has 0 heterocycles. The van der Waals surface area contributed by atoms with E-state index in [1.54, 1.807) is 54.6 Å². The van der Waals surface area contributed by atoms with Crippen molar-refractivity contribution in [1.82, 2.24) is 4.72 Å². The van der Waals surface area contributed by atoms with E-state index >= 15 is 0 Å². The van der Waals surface area contributed by atoms with Gasteiger partial charge in [0.1, 0.15) is 0 Å². The molecule has 0 saturated carbocycles. The molecule has 0 radical (unpaired) electrons. The highest BCUT2D eigenvalue weighted by Gasteiger charge is 2.19. The van der Waals surface area contributed by atoms with Gasteiger partial charge >= 0.3 is 0 Å². The number of rotatable bonds is 10. The van der Waals surface area contributed by atoms with Gasteiger partial charge in [0.25, 0.3) is 0 Å². The Balaban J connectivity index is 1.88. The third kappa shape index (κ3) is 6.77. The van der Waals surface area contributed by atoms with Gasteiger partial charge in [-0.25, -0.2) is 21.6 Å². The molecule has 2 rings (SSSR count). The van der Waals surface area contributed by atoms with Gasteiger partial charge in [0.05, 0.1) is 14.7 Å². The number of sulfonamides is 1. The molecule has 2 aromatic rings. The molecule has 0 atom stereocenters. The summed E-state index contributed by atoms with van der Waals surface area (Å²) in [5.41, 5.74) is 2.00. The first-order valence-corrected chi connectivity index (χ1v) is 13.4. The van der Waals surface area contributed by atoms with E-state index in [4.69, 9.17) is 0 Å². The number of halogens is 1. The summed E-state index contributed by atoms with van der Waals surface area (Å²) in [6.07, 6.45) is 3.55. The zero-order valence-corrected chi connectivity index (χ0v) is 19.8. The second-order valence-electron chi connectivity index (χ2n) is 6.83. The molecule has 0 aromatic heterocycles. The van der Waals surface area contributed by atoms with Crippen molar-refractivity contribution < 1.29 is 16.8 Å². The van der Waals surface area contributed by atoms with Gasteiger partial charge in [-0.05, 0) is 57.4 Å². The van der Waals surface area contributed by atoms with Crippen molar-refractivity contribution in [3.8, 4) is 0 Å². The highest BCUT2D eigenvalue weighted by atomic mass is 79.9. The predicted octanol–water partition coefficient (Wildman–Crippen LogP) is 4.50. The number of benzene rings is 2. The van der Waals surface area contributed by atoms with Gasteiger partial charge in [-0.2, -0.15) is 0 Å². The minimum Gasteiger partial charge on any atom is -0.219 e. The lowest BCUT2D eigenvalue weighted by molar-refractivity contribution is 0.577. The second kappa shape index (κ2) is 10.5. The lowest BCUT2D eigenvalue weighted by Gasteiger charge is -2.08. The first-order valence-electron chi connectivity index (χ1n) is 9.30. The Morgan fingerprint density at radius 1 is 0.862 bits per heavy atom. The molecule has 0 saturated heterocycles. The van der Waals surface area contributed by atoms with E-state index in [1.807, 2.05) is 13.8 Å². The van der Waals surface area contributed by atoms with Crippen LogP contribution in [0.1, 0.15) is 30.4 Å². The summed E-state index contributed by atoms with van der Waals surface area (Å²) in [6, 6.07) is 13.5. The fourth-order valence-electron chi connectivity index (χ4n) is 2.64. The third-order valence-corrected chi connectivity index (χ3v) is 8.78. The Labute approximate surface area is 182 Å². The van der Waals surface area contributed by atoms with E-state index < -0.39 is 19.9 Å². The number of nitrogens with one attached hydrogen (secondary N) is 1. The highest BCUT2D eigenvalue weighted by Crippen LogP contribution is 2.22. The van der Waals surface area contributed by atoms with Gasteiger partial charge in [-0.1, -0.05) is 57.4 Å². The Hall–Kier alpha value is -1.48. The maximum absolute atomic E-state index is 12.7. The Morgan fingerprint density at radius 2 is 1.38 bits per heavy atom. The number of sulfone groups is 1. The van der Waals surface area contributed by atoms with Crippen LogP contribution in [-0.2, 0) is 19.9 Å². The fourth-order valence-corrected chi connectivity index (χ4v) is 6.13. The van der Waals surface area contributed by atoms with Crippen molar-refractivity contribution in [2.24, 2.45) is 0 Å². The molecule has 0 amide bonds. The molecule has 1 N–H and O–H groups in total. The molecule has 0 aliphatic rings. The Kier molecular flexibility index (Phi) is 8.63. The summed E-state index contributed by atoms with van der Waals surface area (Å²) in [5.74, 6) is 0. The molecule has 2 aromatic carbocycles. The van der Waals surface area contributed by atoms with Crippen LogP contribution in [-0.4, -0.2) is 28.7 Å². The number of unbranched alkanes of at least 4 members (excludes halogenated alkanes) is 2. The van der Waals surface area contributed by atoms with E-state index in [9.17, 15) is 16.8 Å². The molecule has 0 fully saturated rings. The summed E-state index contributed by atoms with van der Waals surface area (Å²) in [4.78, 5) is 0.843. The van der Waals surface area contributed by atoms with Crippen LogP contribution < -0.4 is 4.72 Å². The lowest BCUT2D eigenvalue weighted by atomic mass is 10.2. The minimum atomic E-state index is -3.52. The third-order valence-electron chi connectivity index (χ3n) is 4.43. The van der Waals surface area contributed by atoms with Crippen molar-refractivity contribution in [2.45, 2.75) is 42.9 Å². The highest BCUT2D eigenvalue weighted by molar-refractivity contribution is 9.09. The van der Waals surface area contributed by atoms with Crippen LogP contribution in [0.5, 0.6) is 0 Å². The molecule has 0 bridgehead atoms. The SMILES string of the molecule is Cc1ccc(S(=O)(=O)NCCCC/C=C(\CBr)S(=O)(=O)c2ccc(C)cc2)cc1. The van der Waals surface area contributed by atoms with Crippen LogP contribution in [0, 0.1) is 13.8 Å². The molecular weight excluding hydrogens is 474 g/mol. The topological polar surface area (TPSA) is 80.3 Å². The van der Waals surface area contributed by atoms with Crippen molar-refractivity contribution in [2.75, 3.05) is 11.9 Å². The van der Waals surface area contributed by atoms with Crippen LogP contribution in [0.3, 0.4) is 0 Å². The van der Waals surface area contributed by atoms with E-state index in [-0.39, 0.29) is 15.1 Å². The fraction of sp³-hybridized carbons (Fsp3) is 0.333. The molecule has 29 heavy (non-hydrogen) atoms. The van der Waals surface area contributed by atoms with E-state index in [0.717, 1.165) is 11.1 Å². The summed E-state index contributed by atoms with van der Waals surface area (Å²) in [5, 5.41) is 0.239. The minimum absolute atomic E-state index is 0.239. The molecule has 0 aliphatic heterocycles. The molecule has 5 nitrogen and oxygen atoms in total. The van der Waals surface area contributed by atoms with Gasteiger partial charge in [-0.15, -0.1) is 0 Å². The van der Waals surface area contributed by atoms with Gasteiger partial charge in [0, 0.05) is 11.9 Å². The zero-order valence-electron chi connectivity index (χ0n) is 16.6. The summed E-state index contributed by atoms with van der Waals surface area (Å²) in [6.45, 7) is 4.11. The molecule has 0 aliphatic carbocycles. The van der Waals surface area contributed by atoms with Gasteiger partial charge in [0.2, 0.25) is 19.9 Å². The quantitative estimate of drug-likeness (QED) is 0.385. The number of hydrogen-bond acceptors (Lipinski definition) is 4. The van der Waals surface area contributed by atoms with Gasteiger partial charge < -0.3 is 0 Å². The second-order valence-corrected chi connectivity index (χ2v) is 11.2. The van der Waals surface area contributed by atoms with Crippen LogP contribution >= 0.6 is 15.9 Å². The molecule has 158 valence electrons. The lowest BCUT2D eigenvalue weighted by Crippen LogP contribution is -2.24. The van der Waals surface area contributed by atoms with Crippen molar-refractivity contribution in [1.29, 1.82) is 0 Å². The van der Waals surface area contributed by atoms with Crippen LogP contribution in [0.15, 0.2) is 69.3 Å². The molecule has 8 heteroatoms. The van der Waals surface area contributed by atoms with Crippen LogP contribution in [0.2, 0.25) is 0 Å². The number of allylic oxidation sites excluding steroid dienone is 2. The summed E-state index contributed by atoms with van der Waals surface area (Å²) >= 11 is 3.26. The van der Waals surface area contributed by atoms with Crippen LogP contribution in [0.25, 0.3) is 0 Å². The first-order chi connectivity index (χ1) is 13.7. The average molecular weight is 500 g/mol. The van der Waals surface area contributed by atoms with E-state index in [0.29, 0.717) is 30.7 Å². The number of hydrogen-bond donors (Lipinski definition) is 1. The maximum Gasteiger partial charge on any atom is 0.240 e. The summed E-state index contributed by atoms with van der Waals surface area (Å²) < 4.78 is 52.5. The van der Waals surface area contributed by atoms with Crippen LogP contribution in [0.4, 0.5) is 0 Å². The normalized spacial score (nSPS) is 12.9. The first kappa shape index (κ1) is 23.8. The molecule has 0 unspecified atom stereocenters. The monoisotopic (exact) mass is 499 g/mol. The largest absolute Gasteiger partial charge is 0.240 e. The van der Waals surface area contributed by atoms with Gasteiger partial charge in [-0.3, -0.25) is 0 Å². The average Bonchev–Trinajstić information content (AvgIpc) is 2.68. The smallest absolute Gasteiger partial charge is 0.219 e. The van der Waals surface area contributed by atoms with E-state index in [2.05, 4.69) is 20.7 Å². The number of aryl methyl sites for hydroxylation is 2. The van der Waals surface area contributed by atoms with Crippen molar-refractivity contribution in [3.63, 3.8) is 0 Å². The van der Waals surface area contributed by atoms with Gasteiger partial charge in [0.15, 0.2) is 0 Å². The molecule has 0 spiro atoms. The Morgan fingerprint density at radius 3 is 1.90 bits per heavy atom. The maximum atomic E-state index is 12.7. The standard InChI is InChI=1S/C21H26BrNO4S2/c1-17-7-11-19(12-8-17)28(24,25)21(16-22)6-4-3-5-15-23-29(26,27)20-13-9-18(2)10-14-20/h6-14,23H,3-5,15-16H2,1-2H3/b21-6+. The van der Waals surface area contributed by atoms with Crippen molar-refractivity contribution in [3.05, 3.63) is 70.6 Å².